The maximum atomic E-state index is 11.3. The molecule has 0 aromatic rings. The van der Waals surface area contributed by atoms with Crippen molar-refractivity contribution < 1.29 is 13.2 Å². The standard InChI is InChI=1S/C9H16ClNO3S2/c1-6(2)3-14-9(15)11-8-5-16(12,13)4-7(8)10/h6-8H,3-5H2,1-2H3,(H,11,15). The highest BCUT2D eigenvalue weighted by molar-refractivity contribution is 7.91. The Morgan fingerprint density at radius 1 is 1.56 bits per heavy atom. The van der Waals surface area contributed by atoms with Gasteiger partial charge in [0.05, 0.1) is 29.5 Å². The molecule has 16 heavy (non-hydrogen) atoms. The molecule has 94 valence electrons. The molecular formula is C9H16ClNO3S2. The van der Waals surface area contributed by atoms with Gasteiger partial charge in [-0.15, -0.1) is 11.6 Å². The Balaban J connectivity index is 2.40. The highest BCUT2D eigenvalue weighted by Crippen LogP contribution is 2.18. The van der Waals surface area contributed by atoms with Gasteiger partial charge in [0, 0.05) is 0 Å². The third-order valence-electron chi connectivity index (χ3n) is 2.13. The molecule has 1 aliphatic rings. The monoisotopic (exact) mass is 285 g/mol. The van der Waals surface area contributed by atoms with Crippen molar-refractivity contribution in [2.24, 2.45) is 5.92 Å². The first-order valence-corrected chi connectivity index (χ1v) is 7.74. The fraction of sp³-hybridized carbons (Fsp3) is 0.889. The smallest absolute Gasteiger partial charge is 0.256 e. The fourth-order valence-electron chi connectivity index (χ4n) is 1.37. The van der Waals surface area contributed by atoms with Gasteiger partial charge in [0.1, 0.15) is 0 Å². The Kier molecular flexibility index (Phi) is 4.82. The predicted molar refractivity (Wildman–Crippen MR) is 68.6 cm³/mol. The molecule has 0 amide bonds. The SMILES string of the molecule is CC(C)COC(=S)NC1CS(=O)(=O)CC1Cl. The molecular weight excluding hydrogens is 270 g/mol. The molecule has 2 atom stereocenters. The van der Waals surface area contributed by atoms with Crippen molar-refractivity contribution in [3.8, 4) is 0 Å². The van der Waals surface area contributed by atoms with E-state index in [1.54, 1.807) is 0 Å². The lowest BCUT2D eigenvalue weighted by molar-refractivity contribution is 0.251. The van der Waals surface area contributed by atoms with E-state index < -0.39 is 15.2 Å². The van der Waals surface area contributed by atoms with Crippen LogP contribution in [-0.4, -0.2) is 43.1 Å². The molecule has 0 spiro atoms. The molecule has 7 heteroatoms. The van der Waals surface area contributed by atoms with E-state index in [4.69, 9.17) is 28.6 Å². The van der Waals surface area contributed by atoms with Gasteiger partial charge in [0.25, 0.3) is 5.17 Å². The van der Waals surface area contributed by atoms with Crippen molar-refractivity contribution in [1.82, 2.24) is 5.32 Å². The van der Waals surface area contributed by atoms with E-state index in [0.717, 1.165) is 0 Å². The number of halogens is 1. The molecule has 1 fully saturated rings. The van der Waals surface area contributed by atoms with Crippen LogP contribution in [0.2, 0.25) is 0 Å². The molecule has 1 aliphatic heterocycles. The van der Waals surface area contributed by atoms with Gasteiger partial charge in [-0.3, -0.25) is 0 Å². The summed E-state index contributed by atoms with van der Waals surface area (Å²) in [5.74, 6) is 0.393. The third kappa shape index (κ3) is 4.43. The van der Waals surface area contributed by atoms with E-state index >= 15 is 0 Å². The summed E-state index contributed by atoms with van der Waals surface area (Å²) in [6, 6.07) is -0.341. The average molecular weight is 286 g/mol. The van der Waals surface area contributed by atoms with Crippen LogP contribution in [0.4, 0.5) is 0 Å². The Hall–Kier alpha value is -0.0700. The van der Waals surface area contributed by atoms with Crippen molar-refractivity contribution in [3.05, 3.63) is 0 Å². The topological polar surface area (TPSA) is 55.4 Å². The first kappa shape index (κ1) is 14.0. The van der Waals surface area contributed by atoms with Gasteiger partial charge in [-0.2, -0.15) is 0 Å². The molecule has 1 rings (SSSR count). The van der Waals surface area contributed by atoms with Crippen LogP contribution in [-0.2, 0) is 14.6 Å². The minimum Gasteiger partial charge on any atom is -0.471 e. The molecule has 0 radical (unpaired) electrons. The molecule has 0 bridgehead atoms. The van der Waals surface area contributed by atoms with Gasteiger partial charge in [-0.1, -0.05) is 13.8 Å². The maximum Gasteiger partial charge on any atom is 0.256 e. The molecule has 1 N–H and O–H groups in total. The highest BCUT2D eigenvalue weighted by Gasteiger charge is 2.36. The summed E-state index contributed by atoms with van der Waals surface area (Å²) in [6.07, 6.45) is 0. The number of hydrogen-bond donors (Lipinski definition) is 1. The number of alkyl halides is 1. The summed E-state index contributed by atoms with van der Waals surface area (Å²) in [7, 11) is -3.03. The number of rotatable bonds is 3. The van der Waals surface area contributed by atoms with Gasteiger partial charge in [0.2, 0.25) is 0 Å². The van der Waals surface area contributed by atoms with E-state index in [-0.39, 0.29) is 22.7 Å². The van der Waals surface area contributed by atoms with Crippen LogP contribution in [0.5, 0.6) is 0 Å². The molecule has 0 saturated carbocycles. The zero-order valence-electron chi connectivity index (χ0n) is 9.27. The zero-order chi connectivity index (χ0) is 12.3. The van der Waals surface area contributed by atoms with E-state index in [9.17, 15) is 8.42 Å². The molecule has 2 unspecified atom stereocenters. The minimum atomic E-state index is -3.03. The lowest BCUT2D eigenvalue weighted by atomic mass is 10.2. The second-order valence-corrected chi connectivity index (χ2v) is 7.42. The van der Waals surface area contributed by atoms with Crippen LogP contribution in [0.15, 0.2) is 0 Å². The van der Waals surface area contributed by atoms with E-state index in [1.165, 1.54) is 0 Å². The van der Waals surface area contributed by atoms with Gasteiger partial charge in [-0.05, 0) is 18.1 Å². The summed E-state index contributed by atoms with van der Waals surface area (Å²) < 4.78 is 27.8. The number of thiocarbonyl (C=S) groups is 1. The Labute approximate surface area is 107 Å². The quantitative estimate of drug-likeness (QED) is 0.618. The van der Waals surface area contributed by atoms with Crippen LogP contribution in [0, 0.1) is 5.92 Å². The van der Waals surface area contributed by atoms with Gasteiger partial charge >= 0.3 is 0 Å². The third-order valence-corrected chi connectivity index (χ3v) is 4.75. The lowest BCUT2D eigenvalue weighted by Crippen LogP contribution is -2.41. The Bertz CT molecular complexity index is 356. The summed E-state index contributed by atoms with van der Waals surface area (Å²) in [5, 5.41) is 2.62. The fourth-order valence-corrected chi connectivity index (χ4v) is 4.14. The summed E-state index contributed by atoms with van der Waals surface area (Å²) in [5.41, 5.74) is 0. The highest BCUT2D eigenvalue weighted by atomic mass is 35.5. The first-order valence-electron chi connectivity index (χ1n) is 5.08. The van der Waals surface area contributed by atoms with Gasteiger partial charge in [-0.25, -0.2) is 8.42 Å². The first-order chi connectivity index (χ1) is 7.30. The van der Waals surface area contributed by atoms with Gasteiger partial charge < -0.3 is 10.1 Å². The molecule has 0 aromatic carbocycles. The van der Waals surface area contributed by atoms with Crippen LogP contribution < -0.4 is 5.32 Å². The number of hydrogen-bond acceptors (Lipinski definition) is 4. The predicted octanol–water partition coefficient (Wildman–Crippen LogP) is 0.938. The molecule has 1 saturated heterocycles. The van der Waals surface area contributed by atoms with E-state index in [1.807, 2.05) is 13.8 Å². The molecule has 1 heterocycles. The van der Waals surface area contributed by atoms with Crippen LogP contribution in [0.3, 0.4) is 0 Å². The molecule has 4 nitrogen and oxygen atoms in total. The largest absolute Gasteiger partial charge is 0.471 e. The van der Waals surface area contributed by atoms with Gasteiger partial charge in [0.15, 0.2) is 9.84 Å². The second-order valence-electron chi connectivity index (χ2n) is 4.34. The summed E-state index contributed by atoms with van der Waals surface area (Å²) in [4.78, 5) is 0. The number of sulfone groups is 1. The van der Waals surface area contributed by atoms with Crippen LogP contribution >= 0.6 is 23.8 Å². The van der Waals surface area contributed by atoms with E-state index in [2.05, 4.69) is 5.32 Å². The van der Waals surface area contributed by atoms with Crippen molar-refractivity contribution in [2.45, 2.75) is 25.3 Å². The second kappa shape index (κ2) is 5.51. The van der Waals surface area contributed by atoms with Crippen molar-refractivity contribution in [1.29, 1.82) is 0 Å². The number of nitrogens with one attached hydrogen (secondary N) is 1. The molecule has 0 aliphatic carbocycles. The van der Waals surface area contributed by atoms with E-state index in [0.29, 0.717) is 12.5 Å². The Morgan fingerprint density at radius 2 is 2.19 bits per heavy atom. The molecule has 0 aromatic heterocycles. The normalized spacial score (nSPS) is 28.0. The lowest BCUT2D eigenvalue weighted by Gasteiger charge is -2.17. The van der Waals surface area contributed by atoms with Crippen molar-refractivity contribution in [3.63, 3.8) is 0 Å². The van der Waals surface area contributed by atoms with Crippen molar-refractivity contribution in [2.75, 3.05) is 18.1 Å². The maximum absolute atomic E-state index is 11.3. The zero-order valence-corrected chi connectivity index (χ0v) is 11.7. The van der Waals surface area contributed by atoms with Crippen LogP contribution in [0.1, 0.15) is 13.8 Å². The Morgan fingerprint density at radius 3 is 2.62 bits per heavy atom. The number of ether oxygens (including phenoxy) is 1. The summed E-state index contributed by atoms with van der Waals surface area (Å²) in [6.45, 7) is 4.53. The summed E-state index contributed by atoms with van der Waals surface area (Å²) >= 11 is 10.9. The van der Waals surface area contributed by atoms with Crippen LogP contribution in [0.25, 0.3) is 0 Å². The minimum absolute atomic E-state index is 0.000976. The van der Waals surface area contributed by atoms with Crippen molar-refractivity contribution >= 4 is 38.8 Å². The average Bonchev–Trinajstić information content (AvgIpc) is 2.36.